The van der Waals surface area contributed by atoms with Gasteiger partial charge in [0.2, 0.25) is 13.3 Å². The third-order valence-electron chi connectivity index (χ3n) is 13.0. The van der Waals surface area contributed by atoms with Crippen molar-refractivity contribution < 1.29 is 38.1 Å². The lowest BCUT2D eigenvalue weighted by Gasteiger charge is -2.30. The van der Waals surface area contributed by atoms with Crippen molar-refractivity contribution in [3.05, 3.63) is 77.7 Å². The molecule has 4 aliphatic rings. The van der Waals surface area contributed by atoms with Crippen LogP contribution >= 0.6 is 18.7 Å². The van der Waals surface area contributed by atoms with Crippen molar-refractivity contribution in [2.75, 3.05) is 19.0 Å². The molecule has 4 heterocycles. The smallest absolute Gasteiger partial charge is 0.306 e. The Morgan fingerprint density at radius 1 is 1.00 bits per heavy atom. The standard InChI is InChI=1S/C48H59N4O8PS/c1-31(2)49-47-51-41(30-62-47)40-25-44(38-21-20-36(58-3)23-39(38)50-40)59-37-24-42-43(53)27-48(61(56,57)29-32-14-8-7-9-15-32)26-34(48)17-11-6-4-5-10-16-33(46(55)52(42)28-37)22-45(54)60-35-18-12-13-19-35/h7-9,11,14-15,17,20-21,23,25,30-31,33-35,37,42H,4-6,10,12-13,16,18-19,22,24,26-29H2,1-3H3,(H,49,51)(H,56,57)/b17-11-/t33-,34-,37-,42+,48-/m1/s1. The Labute approximate surface area is 368 Å². The zero-order chi connectivity index (χ0) is 43.4. The number of amides is 1. The van der Waals surface area contributed by atoms with Gasteiger partial charge in [0.15, 0.2) is 10.9 Å². The van der Waals surface area contributed by atoms with E-state index in [0.29, 0.717) is 41.2 Å². The van der Waals surface area contributed by atoms with Gasteiger partial charge in [-0.2, -0.15) is 0 Å². The van der Waals surface area contributed by atoms with Gasteiger partial charge in [-0.3, -0.25) is 18.9 Å². The Kier molecular flexibility index (Phi) is 13.5. The number of methoxy groups -OCH3 is 1. The molecule has 2 aromatic heterocycles. The highest BCUT2D eigenvalue weighted by molar-refractivity contribution is 7.59. The summed E-state index contributed by atoms with van der Waals surface area (Å²) >= 11 is 1.49. The van der Waals surface area contributed by atoms with Crippen LogP contribution in [0, 0.1) is 11.8 Å². The van der Waals surface area contributed by atoms with E-state index in [1.807, 2.05) is 66.1 Å². The van der Waals surface area contributed by atoms with E-state index in [1.165, 1.54) is 11.3 Å². The topological polar surface area (TPSA) is 157 Å². The summed E-state index contributed by atoms with van der Waals surface area (Å²) in [6.07, 6.45) is 11.2. The SMILES string of the molecule is COc1ccc2c(O[C@@H]3C[C@H]4C(=O)C[C@]5(P(=O)(O)Cc6ccccc6)C[C@H]5/C=C\CCCCC[C@H](CC(=O)OC5CCCC5)C(=O)N4C3)cc(-c3csc(NC(C)C)n3)nc2c1. The molecule has 2 aliphatic heterocycles. The summed E-state index contributed by atoms with van der Waals surface area (Å²) in [5.41, 5.74) is 2.65. The zero-order valence-corrected chi connectivity index (χ0v) is 37.7. The van der Waals surface area contributed by atoms with Gasteiger partial charge in [0.25, 0.3) is 0 Å². The van der Waals surface area contributed by atoms with Crippen LogP contribution in [0.1, 0.15) is 103 Å². The quantitative estimate of drug-likeness (QED) is 0.0793. The van der Waals surface area contributed by atoms with Gasteiger partial charge in [-0.15, -0.1) is 11.3 Å². The fourth-order valence-electron chi connectivity index (χ4n) is 9.63. The monoisotopic (exact) mass is 882 g/mol. The van der Waals surface area contributed by atoms with Crippen molar-refractivity contribution in [3.63, 3.8) is 0 Å². The molecule has 8 rings (SSSR count). The van der Waals surface area contributed by atoms with E-state index in [-0.39, 0.29) is 67.7 Å². The number of rotatable bonds is 12. The molecular formula is C48H59N4O8PS. The van der Waals surface area contributed by atoms with Gasteiger partial charge < -0.3 is 29.3 Å². The lowest BCUT2D eigenvalue weighted by Crippen LogP contribution is -2.45. The van der Waals surface area contributed by atoms with Crippen LogP contribution in [-0.2, 0) is 29.8 Å². The summed E-state index contributed by atoms with van der Waals surface area (Å²) in [5.74, 6) is -0.675. The molecule has 0 spiro atoms. The summed E-state index contributed by atoms with van der Waals surface area (Å²) in [7, 11) is -2.34. The Balaban J connectivity index is 1.13. The van der Waals surface area contributed by atoms with Crippen molar-refractivity contribution in [1.82, 2.24) is 14.9 Å². The summed E-state index contributed by atoms with van der Waals surface area (Å²) in [5, 5.41) is 5.66. The molecule has 6 atom stereocenters. The first-order valence-electron chi connectivity index (χ1n) is 22.3. The number of benzene rings is 2. The molecule has 62 heavy (non-hydrogen) atoms. The minimum atomic E-state index is -3.94. The largest absolute Gasteiger partial charge is 0.497 e. The molecule has 1 amide bonds. The van der Waals surface area contributed by atoms with Crippen LogP contribution in [0.3, 0.4) is 0 Å². The Bertz CT molecular complexity index is 2330. The van der Waals surface area contributed by atoms with E-state index in [0.717, 1.165) is 67.4 Å². The molecule has 14 heteroatoms. The highest BCUT2D eigenvalue weighted by Gasteiger charge is 2.65. The number of allylic oxidation sites excluding steroid dienone is 2. The number of fused-ring (bicyclic) bond motifs is 3. The predicted molar refractivity (Wildman–Crippen MR) is 242 cm³/mol. The van der Waals surface area contributed by atoms with Crippen molar-refractivity contribution in [3.8, 4) is 22.9 Å². The van der Waals surface area contributed by atoms with Crippen molar-refractivity contribution >= 4 is 52.4 Å². The van der Waals surface area contributed by atoms with Gasteiger partial charge >= 0.3 is 5.97 Å². The second-order valence-corrected chi connectivity index (χ2v) is 21.4. The summed E-state index contributed by atoms with van der Waals surface area (Å²) in [4.78, 5) is 66.6. The van der Waals surface area contributed by atoms with Crippen molar-refractivity contribution in [2.24, 2.45) is 11.8 Å². The second-order valence-electron chi connectivity index (χ2n) is 18.0. The number of aromatic nitrogens is 2. The number of ether oxygens (including phenoxy) is 3. The van der Waals surface area contributed by atoms with Crippen LogP contribution in [0.2, 0.25) is 0 Å². The molecule has 2 aliphatic carbocycles. The molecule has 330 valence electrons. The number of carbonyl (C=O) groups is 3. The fourth-order valence-corrected chi connectivity index (χ4v) is 13.0. The molecule has 12 nitrogen and oxygen atoms in total. The third kappa shape index (κ3) is 9.95. The maximum atomic E-state index is 14.9. The highest BCUT2D eigenvalue weighted by atomic mass is 32.1. The van der Waals surface area contributed by atoms with E-state index in [2.05, 4.69) is 25.2 Å². The van der Waals surface area contributed by atoms with Gasteiger partial charge in [-0.25, -0.2) is 9.97 Å². The van der Waals surface area contributed by atoms with Crippen LogP contribution in [0.5, 0.6) is 11.5 Å². The van der Waals surface area contributed by atoms with Crippen molar-refractivity contribution in [1.29, 1.82) is 0 Å². The van der Waals surface area contributed by atoms with Crippen LogP contribution < -0.4 is 14.8 Å². The first kappa shape index (κ1) is 44.0. The van der Waals surface area contributed by atoms with Gasteiger partial charge in [-0.1, -0.05) is 55.3 Å². The fraction of sp³-hybridized carbons (Fsp3) is 0.521. The number of hydrogen-bond donors (Lipinski definition) is 2. The minimum Gasteiger partial charge on any atom is -0.497 e. The number of anilines is 1. The number of pyridine rings is 1. The van der Waals surface area contributed by atoms with Crippen LogP contribution in [0.4, 0.5) is 5.13 Å². The summed E-state index contributed by atoms with van der Waals surface area (Å²) in [6, 6.07) is 16.0. The lowest BCUT2D eigenvalue weighted by atomic mass is 9.94. The number of Topliss-reactive ketones (excluding diaryl/α,β-unsaturated/α-hetero) is 1. The molecule has 1 saturated heterocycles. The zero-order valence-electron chi connectivity index (χ0n) is 36.0. The molecule has 2 N–H and O–H groups in total. The third-order valence-corrected chi connectivity index (χ3v) is 16.7. The number of nitrogens with zero attached hydrogens (tertiary/aromatic N) is 3. The summed E-state index contributed by atoms with van der Waals surface area (Å²) in [6.45, 7) is 4.21. The van der Waals surface area contributed by atoms with E-state index in [4.69, 9.17) is 24.2 Å². The molecule has 0 bridgehead atoms. The van der Waals surface area contributed by atoms with Crippen LogP contribution in [0.25, 0.3) is 22.3 Å². The number of hydrogen-bond acceptors (Lipinski definition) is 11. The van der Waals surface area contributed by atoms with Gasteiger partial charge in [-0.05, 0) is 88.8 Å². The predicted octanol–water partition coefficient (Wildman–Crippen LogP) is 9.74. The Morgan fingerprint density at radius 2 is 1.79 bits per heavy atom. The average Bonchev–Trinajstić information content (AvgIpc) is 3.66. The van der Waals surface area contributed by atoms with E-state index >= 15 is 0 Å². The second kappa shape index (κ2) is 19.0. The van der Waals surface area contributed by atoms with Crippen LogP contribution in [-0.4, -0.2) is 80.5 Å². The molecule has 1 unspecified atom stereocenters. The Morgan fingerprint density at radius 3 is 2.56 bits per heavy atom. The number of thiazole rings is 1. The number of nitrogens with one attached hydrogen (secondary N) is 1. The molecule has 2 saturated carbocycles. The van der Waals surface area contributed by atoms with Crippen molar-refractivity contribution in [2.45, 2.75) is 133 Å². The normalized spacial score (nSPS) is 26.2. The van der Waals surface area contributed by atoms with E-state index in [9.17, 15) is 23.8 Å². The molecule has 3 fully saturated rings. The molecular weight excluding hydrogens is 824 g/mol. The average molecular weight is 883 g/mol. The molecule has 0 radical (unpaired) electrons. The van der Waals surface area contributed by atoms with Gasteiger partial charge in [0, 0.05) is 47.7 Å². The molecule has 4 aromatic rings. The first-order valence-corrected chi connectivity index (χ1v) is 25.1. The lowest BCUT2D eigenvalue weighted by molar-refractivity contribution is -0.154. The summed E-state index contributed by atoms with van der Waals surface area (Å²) < 4.78 is 32.9. The molecule has 2 aromatic carbocycles. The minimum absolute atomic E-state index is 0.0358. The van der Waals surface area contributed by atoms with Crippen LogP contribution in [0.15, 0.2) is 72.1 Å². The van der Waals surface area contributed by atoms with Gasteiger partial charge in [0.1, 0.15) is 29.4 Å². The number of ketones is 1. The van der Waals surface area contributed by atoms with E-state index < -0.39 is 30.6 Å². The highest BCUT2D eigenvalue weighted by Crippen LogP contribution is 2.74. The van der Waals surface area contributed by atoms with E-state index in [1.54, 1.807) is 12.0 Å². The Hall–Kier alpha value is -4.58. The number of esters is 1. The number of carbonyl (C=O) groups excluding carboxylic acids is 3. The first-order chi connectivity index (χ1) is 29.9. The maximum Gasteiger partial charge on any atom is 0.306 e. The maximum absolute atomic E-state index is 14.9. The van der Waals surface area contributed by atoms with Gasteiger partial charge in [0.05, 0.1) is 48.6 Å².